The molecule has 0 aliphatic carbocycles. The molecule has 0 bridgehead atoms. The van der Waals surface area contributed by atoms with Crippen LogP contribution in [0.25, 0.3) is 0 Å². The van der Waals surface area contributed by atoms with Crippen LogP contribution in [0, 0.1) is 0 Å². The topological polar surface area (TPSA) is 61.8 Å². The van der Waals surface area contributed by atoms with Gasteiger partial charge in [0, 0.05) is 18.0 Å². The third-order valence-electron chi connectivity index (χ3n) is 4.35. The van der Waals surface area contributed by atoms with E-state index in [2.05, 4.69) is 10.2 Å². The second-order valence-corrected chi connectivity index (χ2v) is 5.74. The van der Waals surface area contributed by atoms with Crippen molar-refractivity contribution in [3.05, 3.63) is 29.8 Å². The maximum absolute atomic E-state index is 12.3. The molecule has 1 unspecified atom stereocenters. The second-order valence-electron chi connectivity index (χ2n) is 5.74. The summed E-state index contributed by atoms with van der Waals surface area (Å²) >= 11 is 0. The number of amides is 1. The van der Waals surface area contributed by atoms with Gasteiger partial charge in [-0.15, -0.1) is 0 Å². The van der Waals surface area contributed by atoms with E-state index in [1.54, 1.807) is 0 Å². The molecule has 0 radical (unpaired) electrons. The zero-order valence-corrected chi connectivity index (χ0v) is 12.1. The molecule has 2 aliphatic heterocycles. The van der Waals surface area contributed by atoms with Gasteiger partial charge in [-0.1, -0.05) is 18.2 Å². The van der Waals surface area contributed by atoms with Gasteiger partial charge in [-0.25, -0.2) is 0 Å². The zero-order chi connectivity index (χ0) is 14.7. The fraction of sp³-hybridized carbons (Fsp3) is 0.562. The van der Waals surface area contributed by atoms with Crippen LogP contribution >= 0.6 is 0 Å². The summed E-state index contributed by atoms with van der Waals surface area (Å²) in [5.74, 6) is 0.889. The highest BCUT2D eigenvalue weighted by atomic mass is 16.5. The Bertz CT molecular complexity index is 506. The smallest absolute Gasteiger partial charge is 0.234 e. The molecule has 2 N–H and O–H groups in total. The molecule has 1 amide bonds. The lowest BCUT2D eigenvalue weighted by Crippen LogP contribution is -2.42. The third kappa shape index (κ3) is 3.19. The minimum Gasteiger partial charge on any atom is -0.493 e. The van der Waals surface area contributed by atoms with E-state index >= 15 is 0 Å². The summed E-state index contributed by atoms with van der Waals surface area (Å²) < 4.78 is 5.61. The highest BCUT2D eigenvalue weighted by Crippen LogP contribution is 2.31. The van der Waals surface area contributed by atoms with Crippen molar-refractivity contribution in [2.45, 2.75) is 31.3 Å². The third-order valence-corrected chi connectivity index (χ3v) is 4.35. The average molecular weight is 290 g/mol. The lowest BCUT2D eigenvalue weighted by molar-refractivity contribution is -0.123. The van der Waals surface area contributed by atoms with Gasteiger partial charge in [0.1, 0.15) is 5.75 Å². The molecular weight excluding hydrogens is 268 g/mol. The highest BCUT2D eigenvalue weighted by Gasteiger charge is 2.27. The minimum absolute atomic E-state index is 0.0250. The number of aliphatic hydroxyl groups excluding tert-OH is 1. The second kappa shape index (κ2) is 6.45. The molecule has 3 rings (SSSR count). The van der Waals surface area contributed by atoms with Crippen molar-refractivity contribution in [3.63, 3.8) is 0 Å². The maximum atomic E-state index is 12.3. The summed E-state index contributed by atoms with van der Waals surface area (Å²) in [5, 5.41) is 12.4. The van der Waals surface area contributed by atoms with Crippen LogP contribution in [0.4, 0.5) is 0 Å². The number of likely N-dealkylation sites (tertiary alicyclic amines) is 1. The van der Waals surface area contributed by atoms with Crippen LogP contribution in [-0.2, 0) is 4.79 Å². The first kappa shape index (κ1) is 14.4. The number of nitrogens with one attached hydrogen (secondary N) is 1. The molecule has 2 heterocycles. The molecule has 1 fully saturated rings. The summed E-state index contributed by atoms with van der Waals surface area (Å²) in [6.07, 6.45) is 2.83. The number of fused-ring (bicyclic) bond motifs is 1. The van der Waals surface area contributed by atoms with Crippen molar-refractivity contribution in [2.24, 2.45) is 0 Å². The van der Waals surface area contributed by atoms with Gasteiger partial charge >= 0.3 is 0 Å². The summed E-state index contributed by atoms with van der Waals surface area (Å²) in [4.78, 5) is 14.3. The summed E-state index contributed by atoms with van der Waals surface area (Å²) in [5.41, 5.74) is 1.05. The molecule has 2 atom stereocenters. The Morgan fingerprint density at radius 2 is 2.24 bits per heavy atom. The van der Waals surface area contributed by atoms with Crippen molar-refractivity contribution in [1.29, 1.82) is 0 Å². The van der Waals surface area contributed by atoms with Gasteiger partial charge in [0.25, 0.3) is 0 Å². The minimum atomic E-state index is 0.0250. The molecule has 5 heteroatoms. The Morgan fingerprint density at radius 1 is 1.38 bits per heavy atom. The lowest BCUT2D eigenvalue weighted by Gasteiger charge is -2.28. The number of carbonyl (C=O) groups is 1. The van der Waals surface area contributed by atoms with Crippen molar-refractivity contribution in [3.8, 4) is 5.75 Å². The van der Waals surface area contributed by atoms with E-state index < -0.39 is 0 Å². The molecule has 21 heavy (non-hydrogen) atoms. The Balaban J connectivity index is 1.61. The SMILES string of the molecule is O=C(CN1CCC[C@@H]1CO)NC1CCOc2ccccc21. The fourth-order valence-electron chi connectivity index (χ4n) is 3.23. The van der Waals surface area contributed by atoms with Crippen LogP contribution in [0.15, 0.2) is 24.3 Å². The van der Waals surface area contributed by atoms with Crippen molar-refractivity contribution >= 4 is 5.91 Å². The fourth-order valence-corrected chi connectivity index (χ4v) is 3.23. The average Bonchev–Trinajstić information content (AvgIpc) is 2.94. The van der Waals surface area contributed by atoms with E-state index in [0.29, 0.717) is 13.2 Å². The molecule has 1 aromatic rings. The zero-order valence-electron chi connectivity index (χ0n) is 12.1. The standard InChI is InChI=1S/C16H22N2O3/c19-11-12-4-3-8-18(12)10-16(20)17-14-7-9-21-15-6-2-1-5-13(14)15/h1-2,5-6,12,14,19H,3-4,7-11H2,(H,17,20)/t12-,14?/m1/s1. The molecule has 1 aromatic carbocycles. The van der Waals surface area contributed by atoms with Crippen molar-refractivity contribution < 1.29 is 14.6 Å². The number of ether oxygens (including phenoxy) is 1. The normalized spacial score (nSPS) is 25.2. The molecule has 0 spiro atoms. The van der Waals surface area contributed by atoms with E-state index in [0.717, 1.165) is 37.1 Å². The molecule has 5 nitrogen and oxygen atoms in total. The molecule has 2 aliphatic rings. The van der Waals surface area contributed by atoms with Gasteiger partial charge < -0.3 is 15.2 Å². The maximum Gasteiger partial charge on any atom is 0.234 e. The Kier molecular flexibility index (Phi) is 4.41. The number of hydrogen-bond acceptors (Lipinski definition) is 4. The van der Waals surface area contributed by atoms with Gasteiger partial charge in [-0.3, -0.25) is 9.69 Å². The highest BCUT2D eigenvalue weighted by molar-refractivity contribution is 5.78. The van der Waals surface area contributed by atoms with Crippen LogP contribution in [0.5, 0.6) is 5.75 Å². The van der Waals surface area contributed by atoms with E-state index in [4.69, 9.17) is 4.74 Å². The number of aliphatic hydroxyl groups is 1. The molecule has 0 aromatic heterocycles. The number of nitrogens with zero attached hydrogens (tertiary/aromatic N) is 1. The first-order valence-electron chi connectivity index (χ1n) is 7.64. The molecule has 1 saturated heterocycles. The van der Waals surface area contributed by atoms with E-state index in [9.17, 15) is 9.90 Å². The quantitative estimate of drug-likeness (QED) is 0.871. The number of para-hydroxylation sites is 1. The number of benzene rings is 1. The largest absolute Gasteiger partial charge is 0.493 e. The Labute approximate surface area is 124 Å². The Morgan fingerprint density at radius 3 is 3.10 bits per heavy atom. The predicted octanol–water partition coefficient (Wildman–Crippen LogP) is 1.08. The lowest BCUT2D eigenvalue weighted by atomic mass is 10.0. The molecule has 0 saturated carbocycles. The summed E-state index contributed by atoms with van der Waals surface area (Å²) in [6.45, 7) is 2.02. The van der Waals surface area contributed by atoms with Crippen molar-refractivity contribution in [2.75, 3.05) is 26.3 Å². The van der Waals surface area contributed by atoms with Crippen LogP contribution in [0.3, 0.4) is 0 Å². The van der Waals surface area contributed by atoms with Crippen LogP contribution in [0.2, 0.25) is 0 Å². The molecule has 114 valence electrons. The van der Waals surface area contributed by atoms with E-state index in [-0.39, 0.29) is 24.6 Å². The first-order valence-corrected chi connectivity index (χ1v) is 7.64. The van der Waals surface area contributed by atoms with Gasteiger partial charge in [0.15, 0.2) is 0 Å². The molecular formula is C16H22N2O3. The van der Waals surface area contributed by atoms with Crippen molar-refractivity contribution in [1.82, 2.24) is 10.2 Å². The Hall–Kier alpha value is -1.59. The number of rotatable bonds is 4. The van der Waals surface area contributed by atoms with Crippen LogP contribution in [-0.4, -0.2) is 48.3 Å². The van der Waals surface area contributed by atoms with Gasteiger partial charge in [0.2, 0.25) is 5.91 Å². The number of carbonyl (C=O) groups excluding carboxylic acids is 1. The number of hydrogen-bond donors (Lipinski definition) is 2. The van der Waals surface area contributed by atoms with Gasteiger partial charge in [0.05, 0.1) is 25.8 Å². The van der Waals surface area contributed by atoms with E-state index in [1.165, 1.54) is 0 Å². The summed E-state index contributed by atoms with van der Waals surface area (Å²) in [6, 6.07) is 8.02. The predicted molar refractivity (Wildman–Crippen MR) is 79.1 cm³/mol. The van der Waals surface area contributed by atoms with Crippen LogP contribution < -0.4 is 10.1 Å². The monoisotopic (exact) mass is 290 g/mol. The van der Waals surface area contributed by atoms with Gasteiger partial charge in [-0.2, -0.15) is 0 Å². The van der Waals surface area contributed by atoms with E-state index in [1.807, 2.05) is 24.3 Å². The first-order chi connectivity index (χ1) is 10.3. The van der Waals surface area contributed by atoms with Crippen LogP contribution in [0.1, 0.15) is 30.9 Å². The van der Waals surface area contributed by atoms with Gasteiger partial charge in [-0.05, 0) is 25.5 Å². The summed E-state index contributed by atoms with van der Waals surface area (Å²) in [7, 11) is 0.